The number of esters is 1. The van der Waals surface area contributed by atoms with Crippen molar-refractivity contribution in [3.05, 3.63) is 74.5 Å². The first-order valence-electron chi connectivity index (χ1n) is 10.7. The van der Waals surface area contributed by atoms with Crippen LogP contribution in [0.2, 0.25) is 0 Å². The van der Waals surface area contributed by atoms with E-state index in [2.05, 4.69) is 17.3 Å². The summed E-state index contributed by atoms with van der Waals surface area (Å²) in [5.74, 6) is -0.390. The summed E-state index contributed by atoms with van der Waals surface area (Å²) in [7, 11) is 0. The van der Waals surface area contributed by atoms with Crippen molar-refractivity contribution in [1.82, 2.24) is 9.78 Å². The van der Waals surface area contributed by atoms with E-state index in [1.807, 2.05) is 6.07 Å². The van der Waals surface area contributed by atoms with Gasteiger partial charge in [-0.15, -0.1) is 11.3 Å². The highest BCUT2D eigenvalue weighted by molar-refractivity contribution is 7.17. The molecular formula is C24H25N3O4S. The summed E-state index contributed by atoms with van der Waals surface area (Å²) in [6.45, 7) is 5.78. The van der Waals surface area contributed by atoms with Crippen LogP contribution in [0.5, 0.6) is 0 Å². The first kappa shape index (κ1) is 22.0. The summed E-state index contributed by atoms with van der Waals surface area (Å²) >= 11 is 1.42. The van der Waals surface area contributed by atoms with Gasteiger partial charge in [0.05, 0.1) is 17.4 Å². The van der Waals surface area contributed by atoms with E-state index in [0.29, 0.717) is 22.2 Å². The molecule has 0 radical (unpaired) electrons. The Kier molecular flexibility index (Phi) is 6.23. The summed E-state index contributed by atoms with van der Waals surface area (Å²) in [6.07, 6.45) is 2.38. The third-order valence-corrected chi connectivity index (χ3v) is 6.49. The monoisotopic (exact) mass is 451 g/mol. The Morgan fingerprint density at radius 1 is 1.19 bits per heavy atom. The van der Waals surface area contributed by atoms with Gasteiger partial charge in [-0.05, 0) is 62.8 Å². The van der Waals surface area contributed by atoms with E-state index in [0.717, 1.165) is 29.7 Å². The molecule has 4 rings (SSSR count). The van der Waals surface area contributed by atoms with Gasteiger partial charge >= 0.3 is 5.97 Å². The maximum absolute atomic E-state index is 13.0. The van der Waals surface area contributed by atoms with Crippen LogP contribution < -0.4 is 10.9 Å². The Balaban J connectivity index is 1.68. The fraction of sp³-hybridized carbons (Fsp3) is 0.333. The van der Waals surface area contributed by atoms with Gasteiger partial charge < -0.3 is 10.1 Å². The van der Waals surface area contributed by atoms with E-state index < -0.39 is 11.9 Å². The molecule has 32 heavy (non-hydrogen) atoms. The average molecular weight is 452 g/mol. The number of nitrogens with zero attached hydrogens (tertiary/aromatic N) is 2. The number of hydrogen-bond donors (Lipinski definition) is 1. The van der Waals surface area contributed by atoms with Gasteiger partial charge in [-0.1, -0.05) is 25.1 Å². The number of carbonyl (C=O) groups excluding carboxylic acids is 2. The first-order valence-corrected chi connectivity index (χ1v) is 11.5. The van der Waals surface area contributed by atoms with E-state index in [4.69, 9.17) is 4.74 Å². The maximum Gasteiger partial charge on any atom is 0.341 e. The van der Waals surface area contributed by atoms with Gasteiger partial charge in [0, 0.05) is 10.9 Å². The first-order chi connectivity index (χ1) is 15.3. The predicted molar refractivity (Wildman–Crippen MR) is 124 cm³/mol. The predicted octanol–water partition coefficient (Wildman–Crippen LogP) is 4.24. The molecule has 1 amide bonds. The zero-order valence-electron chi connectivity index (χ0n) is 18.3. The molecule has 0 spiro atoms. The summed E-state index contributed by atoms with van der Waals surface area (Å²) in [5, 5.41) is 7.56. The number of rotatable bonds is 5. The molecule has 3 aromatic rings. The number of fused-ring (bicyclic) bond motifs is 1. The number of aromatic nitrogens is 2. The fourth-order valence-electron chi connectivity index (χ4n) is 3.78. The van der Waals surface area contributed by atoms with Gasteiger partial charge in [0.2, 0.25) is 0 Å². The number of carbonyl (C=O) groups is 2. The van der Waals surface area contributed by atoms with Gasteiger partial charge in [0.1, 0.15) is 10.7 Å². The summed E-state index contributed by atoms with van der Waals surface area (Å²) in [5.41, 5.74) is 1.71. The highest BCUT2D eigenvalue weighted by Gasteiger charge is 2.30. The Morgan fingerprint density at radius 3 is 2.66 bits per heavy atom. The van der Waals surface area contributed by atoms with E-state index in [1.54, 1.807) is 38.1 Å². The molecule has 0 saturated carbocycles. The van der Waals surface area contributed by atoms with Gasteiger partial charge in [0.15, 0.2) is 0 Å². The second-order valence-electron chi connectivity index (χ2n) is 8.27. The molecule has 1 unspecified atom stereocenters. The average Bonchev–Trinajstić information content (AvgIpc) is 3.11. The van der Waals surface area contributed by atoms with Crippen molar-refractivity contribution in [2.45, 2.75) is 46.1 Å². The second-order valence-corrected chi connectivity index (χ2v) is 9.37. The zero-order chi connectivity index (χ0) is 22.8. The molecule has 0 saturated heterocycles. The molecule has 1 N–H and O–H groups in total. The van der Waals surface area contributed by atoms with Crippen LogP contribution in [0.3, 0.4) is 0 Å². The molecule has 0 aliphatic heterocycles. The van der Waals surface area contributed by atoms with Gasteiger partial charge in [-0.2, -0.15) is 9.78 Å². The second kappa shape index (κ2) is 9.08. The minimum atomic E-state index is -0.486. The van der Waals surface area contributed by atoms with E-state index in [9.17, 15) is 14.4 Å². The molecule has 2 heterocycles. The molecule has 2 aromatic heterocycles. The molecule has 0 bridgehead atoms. The third kappa shape index (κ3) is 4.50. The molecule has 1 aromatic carbocycles. The Morgan fingerprint density at radius 2 is 1.94 bits per heavy atom. The number of thiophene rings is 1. The number of nitrogens with one attached hydrogen (secondary N) is 1. The largest absolute Gasteiger partial charge is 0.459 e. The number of benzene rings is 1. The number of ether oxygens (including phenoxy) is 1. The molecule has 0 fully saturated rings. The molecule has 1 aliphatic carbocycles. The lowest BCUT2D eigenvalue weighted by Crippen LogP contribution is -2.25. The standard InChI is InChI=1S/C24H25N3O4S/c1-14(2)31-24(30)21-17-10-9-15(3)13-19(17)32-23(21)25-22(29)18-11-12-20(28)27(26-18)16-7-5-4-6-8-16/h4-8,11-12,14-15H,9-10,13H2,1-3H3,(H,25,29). The van der Waals surface area contributed by atoms with Crippen molar-refractivity contribution >= 4 is 28.2 Å². The van der Waals surface area contributed by atoms with Crippen molar-refractivity contribution in [2.75, 3.05) is 5.32 Å². The molecule has 1 atom stereocenters. The molecule has 166 valence electrons. The summed E-state index contributed by atoms with van der Waals surface area (Å²) in [4.78, 5) is 39.3. The number of para-hydroxylation sites is 1. The van der Waals surface area contributed by atoms with Crippen LogP contribution in [0.15, 0.2) is 47.3 Å². The van der Waals surface area contributed by atoms with Crippen molar-refractivity contribution in [1.29, 1.82) is 0 Å². The lowest BCUT2D eigenvalue weighted by atomic mass is 9.88. The Hall–Kier alpha value is -3.26. The highest BCUT2D eigenvalue weighted by Crippen LogP contribution is 2.40. The lowest BCUT2D eigenvalue weighted by Gasteiger charge is -2.18. The van der Waals surface area contributed by atoms with Gasteiger partial charge in [-0.25, -0.2) is 4.79 Å². The fourth-order valence-corrected chi connectivity index (χ4v) is 5.18. The van der Waals surface area contributed by atoms with Crippen molar-refractivity contribution in [2.24, 2.45) is 5.92 Å². The summed E-state index contributed by atoms with van der Waals surface area (Å²) in [6, 6.07) is 11.6. The normalized spacial score (nSPS) is 15.3. The molecule has 1 aliphatic rings. The van der Waals surface area contributed by atoms with Crippen LogP contribution in [0, 0.1) is 5.92 Å². The number of hydrogen-bond acceptors (Lipinski definition) is 6. The topological polar surface area (TPSA) is 90.3 Å². The van der Waals surface area contributed by atoms with Crippen LogP contribution in [0.25, 0.3) is 5.69 Å². The van der Waals surface area contributed by atoms with Crippen molar-refractivity contribution in [3.63, 3.8) is 0 Å². The van der Waals surface area contributed by atoms with Crippen LogP contribution in [-0.2, 0) is 17.6 Å². The van der Waals surface area contributed by atoms with Crippen molar-refractivity contribution in [3.8, 4) is 5.69 Å². The zero-order valence-corrected chi connectivity index (χ0v) is 19.1. The molecule has 7 nitrogen and oxygen atoms in total. The van der Waals surface area contributed by atoms with Crippen LogP contribution in [0.1, 0.15) is 58.5 Å². The summed E-state index contributed by atoms with van der Waals surface area (Å²) < 4.78 is 6.65. The SMILES string of the molecule is CC1CCc2c(sc(NC(=O)c3ccc(=O)n(-c4ccccc4)n3)c2C(=O)OC(C)C)C1. The van der Waals surface area contributed by atoms with Crippen LogP contribution >= 0.6 is 11.3 Å². The third-order valence-electron chi connectivity index (χ3n) is 5.32. The lowest BCUT2D eigenvalue weighted by molar-refractivity contribution is 0.0378. The smallest absolute Gasteiger partial charge is 0.341 e. The number of amides is 1. The quantitative estimate of drug-likeness (QED) is 0.586. The molecule has 8 heteroatoms. The van der Waals surface area contributed by atoms with E-state index in [1.165, 1.54) is 28.2 Å². The number of anilines is 1. The Labute approximate surface area is 190 Å². The minimum Gasteiger partial charge on any atom is -0.459 e. The maximum atomic E-state index is 13.0. The van der Waals surface area contributed by atoms with Crippen LogP contribution in [-0.4, -0.2) is 27.8 Å². The molecular weight excluding hydrogens is 426 g/mol. The van der Waals surface area contributed by atoms with Crippen LogP contribution in [0.4, 0.5) is 5.00 Å². The highest BCUT2D eigenvalue weighted by atomic mass is 32.1. The minimum absolute atomic E-state index is 0.0800. The van der Waals surface area contributed by atoms with E-state index >= 15 is 0 Å². The van der Waals surface area contributed by atoms with E-state index in [-0.39, 0.29) is 17.4 Å². The van der Waals surface area contributed by atoms with Gasteiger partial charge in [-0.3, -0.25) is 9.59 Å². The van der Waals surface area contributed by atoms with Crippen molar-refractivity contribution < 1.29 is 14.3 Å². The van der Waals surface area contributed by atoms with Gasteiger partial charge in [0.25, 0.3) is 11.5 Å². The Bertz CT molecular complexity index is 1210.